The molecule has 1 rings (SSSR count). The summed E-state index contributed by atoms with van der Waals surface area (Å²) in [6.07, 6.45) is 0.0186. The normalized spacial score (nSPS) is 10.6. The molecule has 20 heavy (non-hydrogen) atoms. The zero-order valence-corrected chi connectivity index (χ0v) is 11.7. The van der Waals surface area contributed by atoms with Gasteiger partial charge in [-0.2, -0.15) is 0 Å². The number of aliphatic carboxylic acids is 1. The molecule has 0 bridgehead atoms. The summed E-state index contributed by atoms with van der Waals surface area (Å²) >= 11 is 0. The summed E-state index contributed by atoms with van der Waals surface area (Å²) in [5.74, 6) is -1.85. The van der Waals surface area contributed by atoms with Crippen molar-refractivity contribution in [2.75, 3.05) is 38.6 Å². The number of carboxylic acid groups (broad SMARTS) is 2. The van der Waals surface area contributed by atoms with E-state index >= 15 is 0 Å². The van der Waals surface area contributed by atoms with Crippen LogP contribution in [0, 0.1) is 0 Å². The molecule has 0 saturated carbocycles. The largest absolute Gasteiger partial charge is 0.481 e. The number of anilines is 1. The lowest BCUT2D eigenvalue weighted by molar-refractivity contribution is -0.136. The highest BCUT2D eigenvalue weighted by molar-refractivity contribution is 5.88. The Morgan fingerprint density at radius 1 is 1.10 bits per heavy atom. The maximum Gasteiger partial charge on any atom is 0.335 e. The summed E-state index contributed by atoms with van der Waals surface area (Å²) in [6, 6.07) is 6.55. The molecule has 0 atom stereocenters. The highest BCUT2D eigenvalue weighted by atomic mass is 16.4. The van der Waals surface area contributed by atoms with Gasteiger partial charge in [-0.1, -0.05) is 6.07 Å². The van der Waals surface area contributed by atoms with Crippen LogP contribution in [0.25, 0.3) is 0 Å². The van der Waals surface area contributed by atoms with E-state index in [0.717, 1.165) is 12.2 Å². The van der Waals surface area contributed by atoms with Crippen molar-refractivity contribution in [1.29, 1.82) is 0 Å². The molecule has 0 aliphatic heterocycles. The molecule has 2 N–H and O–H groups in total. The Bertz CT molecular complexity index is 474. The van der Waals surface area contributed by atoms with Crippen molar-refractivity contribution in [3.05, 3.63) is 29.8 Å². The van der Waals surface area contributed by atoms with Gasteiger partial charge in [0.05, 0.1) is 12.0 Å². The fraction of sp³-hybridized carbons (Fsp3) is 0.429. The molecule has 0 spiro atoms. The molecular formula is C14H20N2O4. The van der Waals surface area contributed by atoms with Crippen LogP contribution in [-0.2, 0) is 4.79 Å². The van der Waals surface area contributed by atoms with Gasteiger partial charge in [-0.15, -0.1) is 0 Å². The van der Waals surface area contributed by atoms with Crippen LogP contribution < -0.4 is 4.90 Å². The van der Waals surface area contributed by atoms with Crippen LogP contribution in [0.2, 0.25) is 0 Å². The molecule has 0 aliphatic carbocycles. The number of carbonyl (C=O) groups is 2. The Morgan fingerprint density at radius 2 is 1.80 bits per heavy atom. The first kappa shape index (κ1) is 16.0. The highest BCUT2D eigenvalue weighted by Gasteiger charge is 2.11. The van der Waals surface area contributed by atoms with E-state index in [-0.39, 0.29) is 12.0 Å². The maximum atomic E-state index is 11.0. The minimum atomic E-state index is -0.988. The number of rotatable bonds is 8. The van der Waals surface area contributed by atoms with E-state index in [4.69, 9.17) is 10.2 Å². The zero-order chi connectivity index (χ0) is 15.1. The Kier molecular flexibility index (Phi) is 5.99. The standard InChI is InChI=1S/C14H20N2O4/c1-15(2)8-9-16(7-6-13(17)18)12-5-3-4-11(10-12)14(19)20/h3-5,10H,6-9H2,1-2H3,(H,17,18)(H,19,20). The topological polar surface area (TPSA) is 81.1 Å². The molecule has 0 radical (unpaired) electrons. The van der Waals surface area contributed by atoms with E-state index in [9.17, 15) is 9.59 Å². The average Bonchev–Trinajstić information content (AvgIpc) is 2.38. The summed E-state index contributed by atoms with van der Waals surface area (Å²) in [4.78, 5) is 25.6. The molecule has 6 heteroatoms. The summed E-state index contributed by atoms with van der Waals surface area (Å²) in [5.41, 5.74) is 0.931. The molecule has 0 amide bonds. The summed E-state index contributed by atoms with van der Waals surface area (Å²) in [6.45, 7) is 1.76. The number of hydrogen-bond donors (Lipinski definition) is 2. The zero-order valence-electron chi connectivity index (χ0n) is 11.7. The van der Waals surface area contributed by atoms with Gasteiger partial charge >= 0.3 is 11.9 Å². The first-order chi connectivity index (χ1) is 9.40. The lowest BCUT2D eigenvalue weighted by Gasteiger charge is -2.26. The Morgan fingerprint density at radius 3 is 2.35 bits per heavy atom. The SMILES string of the molecule is CN(C)CCN(CCC(=O)O)c1cccc(C(=O)O)c1. The van der Waals surface area contributed by atoms with Gasteiger partial charge in [-0.05, 0) is 32.3 Å². The quantitative estimate of drug-likeness (QED) is 0.745. The van der Waals surface area contributed by atoms with E-state index in [2.05, 4.69) is 0 Å². The molecule has 0 aromatic heterocycles. The second kappa shape index (κ2) is 7.49. The van der Waals surface area contributed by atoms with E-state index in [1.54, 1.807) is 18.2 Å². The third-order valence-corrected chi connectivity index (χ3v) is 2.87. The second-order valence-corrected chi connectivity index (χ2v) is 4.79. The third kappa shape index (κ3) is 5.27. The Hall–Kier alpha value is -2.08. The number of benzene rings is 1. The van der Waals surface area contributed by atoms with Crippen molar-refractivity contribution in [2.24, 2.45) is 0 Å². The molecule has 6 nitrogen and oxygen atoms in total. The van der Waals surface area contributed by atoms with Gasteiger partial charge in [0.2, 0.25) is 0 Å². The van der Waals surface area contributed by atoms with E-state index in [1.807, 2.05) is 23.9 Å². The molecule has 1 aromatic carbocycles. The molecule has 1 aromatic rings. The summed E-state index contributed by atoms with van der Waals surface area (Å²) in [7, 11) is 3.87. The van der Waals surface area contributed by atoms with Crippen LogP contribution in [0.4, 0.5) is 5.69 Å². The van der Waals surface area contributed by atoms with Gasteiger partial charge in [0.15, 0.2) is 0 Å². The molecule has 0 unspecified atom stereocenters. The Labute approximate surface area is 118 Å². The first-order valence-electron chi connectivity index (χ1n) is 6.35. The van der Waals surface area contributed by atoms with E-state index in [1.165, 1.54) is 6.07 Å². The first-order valence-corrected chi connectivity index (χ1v) is 6.35. The number of carboxylic acids is 2. The van der Waals surface area contributed by atoms with Gasteiger partial charge in [-0.3, -0.25) is 4.79 Å². The number of aromatic carboxylic acids is 1. The monoisotopic (exact) mass is 280 g/mol. The van der Waals surface area contributed by atoms with Crippen LogP contribution in [0.3, 0.4) is 0 Å². The van der Waals surface area contributed by atoms with E-state index < -0.39 is 11.9 Å². The lowest BCUT2D eigenvalue weighted by Crippen LogP contribution is -2.33. The Balaban J connectivity index is 2.87. The van der Waals surface area contributed by atoms with E-state index in [0.29, 0.717) is 13.1 Å². The molecule has 0 aliphatic rings. The van der Waals surface area contributed by atoms with Crippen LogP contribution in [0.1, 0.15) is 16.8 Å². The highest BCUT2D eigenvalue weighted by Crippen LogP contribution is 2.16. The summed E-state index contributed by atoms with van der Waals surface area (Å²) < 4.78 is 0. The minimum absolute atomic E-state index is 0.0186. The van der Waals surface area contributed by atoms with Gasteiger partial charge in [0.25, 0.3) is 0 Å². The van der Waals surface area contributed by atoms with Crippen molar-refractivity contribution in [3.8, 4) is 0 Å². The molecular weight excluding hydrogens is 260 g/mol. The second-order valence-electron chi connectivity index (χ2n) is 4.79. The molecule has 0 heterocycles. The predicted molar refractivity (Wildman–Crippen MR) is 76.4 cm³/mol. The van der Waals surface area contributed by atoms with Crippen molar-refractivity contribution in [3.63, 3.8) is 0 Å². The molecule has 0 fully saturated rings. The van der Waals surface area contributed by atoms with Gasteiger partial charge in [-0.25, -0.2) is 4.79 Å². The number of likely N-dealkylation sites (N-methyl/N-ethyl adjacent to an activating group) is 1. The maximum absolute atomic E-state index is 11.0. The third-order valence-electron chi connectivity index (χ3n) is 2.87. The lowest BCUT2D eigenvalue weighted by atomic mass is 10.2. The van der Waals surface area contributed by atoms with Crippen molar-refractivity contribution >= 4 is 17.6 Å². The predicted octanol–water partition coefficient (Wildman–Crippen LogP) is 1.23. The molecule has 0 saturated heterocycles. The van der Waals surface area contributed by atoms with Gasteiger partial charge in [0.1, 0.15) is 0 Å². The average molecular weight is 280 g/mol. The van der Waals surface area contributed by atoms with Crippen LogP contribution in [-0.4, -0.2) is 60.8 Å². The number of nitrogens with zero attached hydrogens (tertiary/aromatic N) is 2. The fourth-order valence-electron chi connectivity index (χ4n) is 1.76. The molecule has 110 valence electrons. The fourth-order valence-corrected chi connectivity index (χ4v) is 1.76. The summed E-state index contributed by atoms with van der Waals surface area (Å²) in [5, 5.41) is 17.8. The minimum Gasteiger partial charge on any atom is -0.481 e. The van der Waals surface area contributed by atoms with Crippen molar-refractivity contribution in [2.45, 2.75) is 6.42 Å². The van der Waals surface area contributed by atoms with Gasteiger partial charge < -0.3 is 20.0 Å². The van der Waals surface area contributed by atoms with Crippen molar-refractivity contribution in [1.82, 2.24) is 4.90 Å². The van der Waals surface area contributed by atoms with Crippen LogP contribution in [0.15, 0.2) is 24.3 Å². The van der Waals surface area contributed by atoms with Crippen molar-refractivity contribution < 1.29 is 19.8 Å². The van der Waals surface area contributed by atoms with Crippen LogP contribution >= 0.6 is 0 Å². The van der Waals surface area contributed by atoms with Crippen LogP contribution in [0.5, 0.6) is 0 Å². The smallest absolute Gasteiger partial charge is 0.335 e. The number of hydrogen-bond acceptors (Lipinski definition) is 4. The van der Waals surface area contributed by atoms with Gasteiger partial charge in [0, 0.05) is 25.3 Å².